The highest BCUT2D eigenvalue weighted by Gasteiger charge is 2.09. The molecule has 4 heteroatoms. The van der Waals surface area contributed by atoms with Gasteiger partial charge in [-0.25, -0.2) is 4.79 Å². The molecule has 0 bridgehead atoms. The van der Waals surface area contributed by atoms with E-state index < -0.39 is 0 Å². The predicted octanol–water partition coefficient (Wildman–Crippen LogP) is 1.33. The van der Waals surface area contributed by atoms with E-state index in [1.165, 1.54) is 7.11 Å². The molecule has 1 N–H and O–H groups in total. The highest BCUT2D eigenvalue weighted by Crippen LogP contribution is 2.17. The highest BCUT2D eigenvalue weighted by molar-refractivity contribution is 5.95. The minimum Gasteiger partial charge on any atom is -0.465 e. The molecule has 0 radical (unpaired) electrons. The molecule has 74 valence electrons. The molecule has 0 saturated carbocycles. The summed E-state index contributed by atoms with van der Waals surface area (Å²) in [5.74, 6) is 2.05. The zero-order chi connectivity index (χ0) is 10.8. The largest absolute Gasteiger partial charge is 0.465 e. The molecule has 0 fully saturated rings. The van der Waals surface area contributed by atoms with Crippen molar-refractivity contribution >= 4 is 16.9 Å². The average molecular weight is 200 g/mol. The van der Waals surface area contributed by atoms with Crippen LogP contribution in [-0.4, -0.2) is 23.3 Å². The summed E-state index contributed by atoms with van der Waals surface area (Å²) < 4.78 is 4.61. The monoisotopic (exact) mass is 200 g/mol. The summed E-state index contributed by atoms with van der Waals surface area (Å²) in [5.41, 5.74) is 1.76. The standard InChI is InChI=1S/C11H8N2O2/c1-3-9-8-6-7(11(14)15-2)4-5-10(8)13-12-9/h1,4-6H,2H3,(H,12,13). The summed E-state index contributed by atoms with van der Waals surface area (Å²) in [6, 6.07) is 5.07. The molecule has 0 atom stereocenters. The van der Waals surface area contributed by atoms with E-state index in [0.717, 1.165) is 10.9 Å². The maximum absolute atomic E-state index is 11.3. The van der Waals surface area contributed by atoms with Gasteiger partial charge in [0, 0.05) is 5.39 Å². The molecular formula is C11H8N2O2. The van der Waals surface area contributed by atoms with E-state index in [4.69, 9.17) is 6.42 Å². The third-order valence-electron chi connectivity index (χ3n) is 2.12. The van der Waals surface area contributed by atoms with Crippen LogP contribution < -0.4 is 0 Å². The average Bonchev–Trinajstić information content (AvgIpc) is 2.69. The number of ether oxygens (including phenoxy) is 1. The van der Waals surface area contributed by atoms with E-state index in [1.807, 2.05) is 0 Å². The van der Waals surface area contributed by atoms with Gasteiger partial charge in [0.05, 0.1) is 18.2 Å². The van der Waals surface area contributed by atoms with Crippen LogP contribution in [0.4, 0.5) is 0 Å². The minimum atomic E-state index is -0.388. The third-order valence-corrected chi connectivity index (χ3v) is 2.12. The Balaban J connectivity index is 2.64. The van der Waals surface area contributed by atoms with Crippen LogP contribution >= 0.6 is 0 Å². The van der Waals surface area contributed by atoms with Gasteiger partial charge in [-0.1, -0.05) is 0 Å². The summed E-state index contributed by atoms with van der Waals surface area (Å²) in [4.78, 5) is 11.3. The Morgan fingerprint density at radius 1 is 1.60 bits per heavy atom. The van der Waals surface area contributed by atoms with Crippen molar-refractivity contribution in [2.24, 2.45) is 0 Å². The van der Waals surface area contributed by atoms with Crippen LogP contribution in [0.2, 0.25) is 0 Å². The summed E-state index contributed by atoms with van der Waals surface area (Å²) in [6.07, 6.45) is 5.27. The van der Waals surface area contributed by atoms with E-state index >= 15 is 0 Å². The molecule has 0 saturated heterocycles. The molecule has 4 nitrogen and oxygen atoms in total. The Hall–Kier alpha value is -2.28. The Morgan fingerprint density at radius 3 is 3.07 bits per heavy atom. The van der Waals surface area contributed by atoms with E-state index in [1.54, 1.807) is 18.2 Å². The number of benzene rings is 1. The Kier molecular flexibility index (Phi) is 2.14. The molecule has 0 amide bonds. The normalized spacial score (nSPS) is 9.87. The first-order valence-electron chi connectivity index (χ1n) is 4.29. The molecule has 2 aromatic rings. The Labute approximate surface area is 86.2 Å². The number of carbonyl (C=O) groups is 1. The summed E-state index contributed by atoms with van der Waals surface area (Å²) in [6.45, 7) is 0. The minimum absolute atomic E-state index is 0.388. The van der Waals surface area contributed by atoms with E-state index in [2.05, 4.69) is 20.9 Å². The number of terminal acetylenes is 1. The van der Waals surface area contributed by atoms with Crippen LogP contribution in [0.15, 0.2) is 18.2 Å². The lowest BCUT2D eigenvalue weighted by Crippen LogP contribution is -2.00. The molecule has 0 spiro atoms. The quantitative estimate of drug-likeness (QED) is 0.558. The van der Waals surface area contributed by atoms with Crippen molar-refractivity contribution in [2.45, 2.75) is 0 Å². The number of H-pyrrole nitrogens is 1. The highest BCUT2D eigenvalue weighted by atomic mass is 16.5. The SMILES string of the molecule is C#Cc1n[nH]c2ccc(C(=O)OC)cc12. The lowest BCUT2D eigenvalue weighted by molar-refractivity contribution is 0.0601. The lowest BCUT2D eigenvalue weighted by atomic mass is 10.1. The van der Waals surface area contributed by atoms with Crippen molar-refractivity contribution in [3.63, 3.8) is 0 Å². The number of fused-ring (bicyclic) bond motifs is 1. The molecule has 0 aliphatic rings. The maximum atomic E-state index is 11.3. The second-order valence-electron chi connectivity index (χ2n) is 2.97. The molecule has 1 aromatic heterocycles. The molecule has 0 aliphatic heterocycles. The van der Waals surface area contributed by atoms with Crippen molar-refractivity contribution < 1.29 is 9.53 Å². The zero-order valence-electron chi connectivity index (χ0n) is 8.07. The van der Waals surface area contributed by atoms with Crippen molar-refractivity contribution in [3.8, 4) is 12.3 Å². The number of nitrogens with one attached hydrogen (secondary N) is 1. The first kappa shape index (κ1) is 9.28. The van der Waals surface area contributed by atoms with Crippen LogP contribution in [0.3, 0.4) is 0 Å². The van der Waals surface area contributed by atoms with E-state index in [9.17, 15) is 4.79 Å². The number of carbonyl (C=O) groups excluding carboxylic acids is 1. The molecular weight excluding hydrogens is 192 g/mol. The van der Waals surface area contributed by atoms with Crippen molar-refractivity contribution in [1.29, 1.82) is 0 Å². The van der Waals surface area contributed by atoms with Gasteiger partial charge in [0.1, 0.15) is 5.69 Å². The van der Waals surface area contributed by atoms with Crippen molar-refractivity contribution in [3.05, 3.63) is 29.5 Å². The number of nitrogens with zero attached hydrogens (tertiary/aromatic N) is 1. The molecule has 0 aliphatic carbocycles. The van der Waals surface area contributed by atoms with Gasteiger partial charge in [0.15, 0.2) is 0 Å². The number of methoxy groups -OCH3 is 1. The number of aromatic amines is 1. The fourth-order valence-electron chi connectivity index (χ4n) is 1.37. The summed E-state index contributed by atoms with van der Waals surface area (Å²) in [7, 11) is 1.34. The third kappa shape index (κ3) is 1.44. The number of rotatable bonds is 1. The fraction of sp³-hybridized carbons (Fsp3) is 0.0909. The van der Waals surface area contributed by atoms with Gasteiger partial charge < -0.3 is 4.74 Å². The van der Waals surface area contributed by atoms with Crippen LogP contribution in [0, 0.1) is 12.3 Å². The fourth-order valence-corrected chi connectivity index (χ4v) is 1.37. The molecule has 15 heavy (non-hydrogen) atoms. The molecule has 2 rings (SSSR count). The molecule has 0 unspecified atom stereocenters. The van der Waals surface area contributed by atoms with Gasteiger partial charge in [0.25, 0.3) is 0 Å². The number of esters is 1. The predicted molar refractivity (Wildman–Crippen MR) is 55.4 cm³/mol. The number of hydrogen-bond acceptors (Lipinski definition) is 3. The molecule has 1 heterocycles. The second-order valence-corrected chi connectivity index (χ2v) is 2.97. The molecule has 1 aromatic carbocycles. The number of hydrogen-bond donors (Lipinski definition) is 1. The first-order chi connectivity index (χ1) is 7.26. The van der Waals surface area contributed by atoms with Gasteiger partial charge in [-0.3, -0.25) is 5.10 Å². The summed E-state index contributed by atoms with van der Waals surface area (Å²) in [5, 5.41) is 7.46. The van der Waals surface area contributed by atoms with Gasteiger partial charge >= 0.3 is 5.97 Å². The van der Waals surface area contributed by atoms with Crippen LogP contribution in [-0.2, 0) is 4.74 Å². The number of aromatic nitrogens is 2. The van der Waals surface area contributed by atoms with Gasteiger partial charge in [-0.05, 0) is 24.1 Å². The van der Waals surface area contributed by atoms with E-state index in [0.29, 0.717) is 11.3 Å². The summed E-state index contributed by atoms with van der Waals surface area (Å²) >= 11 is 0. The first-order valence-corrected chi connectivity index (χ1v) is 4.29. The van der Waals surface area contributed by atoms with Gasteiger partial charge in [-0.2, -0.15) is 5.10 Å². The second kappa shape index (κ2) is 3.46. The Bertz CT molecular complexity index is 563. The van der Waals surface area contributed by atoms with Crippen LogP contribution in [0.5, 0.6) is 0 Å². The van der Waals surface area contributed by atoms with Crippen LogP contribution in [0.25, 0.3) is 10.9 Å². The Morgan fingerprint density at radius 2 is 2.40 bits per heavy atom. The van der Waals surface area contributed by atoms with Crippen LogP contribution in [0.1, 0.15) is 16.1 Å². The zero-order valence-corrected chi connectivity index (χ0v) is 8.07. The lowest BCUT2D eigenvalue weighted by Gasteiger charge is -1.98. The topological polar surface area (TPSA) is 55.0 Å². The van der Waals surface area contributed by atoms with E-state index in [-0.39, 0.29) is 5.97 Å². The van der Waals surface area contributed by atoms with Crippen molar-refractivity contribution in [1.82, 2.24) is 10.2 Å². The maximum Gasteiger partial charge on any atom is 0.337 e. The smallest absolute Gasteiger partial charge is 0.337 e. The van der Waals surface area contributed by atoms with Gasteiger partial charge in [0.2, 0.25) is 0 Å². The van der Waals surface area contributed by atoms with Crippen molar-refractivity contribution in [2.75, 3.05) is 7.11 Å². The van der Waals surface area contributed by atoms with Gasteiger partial charge in [-0.15, -0.1) is 6.42 Å².